The van der Waals surface area contributed by atoms with Gasteiger partial charge < -0.3 is 10.6 Å². The zero-order valence-corrected chi connectivity index (χ0v) is 16.9. The first kappa shape index (κ1) is 20.1. The Hall–Kier alpha value is 0.0500. The van der Waals surface area contributed by atoms with Gasteiger partial charge in [-0.25, -0.2) is 4.99 Å². The van der Waals surface area contributed by atoms with E-state index >= 15 is 0 Å². The van der Waals surface area contributed by atoms with Gasteiger partial charge in [-0.3, -0.25) is 0 Å². The van der Waals surface area contributed by atoms with Crippen LogP contribution in [0.3, 0.4) is 0 Å². The maximum atomic E-state index is 4.62. The molecule has 0 amide bonds. The summed E-state index contributed by atoms with van der Waals surface area (Å²) < 4.78 is 1.11. The minimum Gasteiger partial charge on any atom is -0.357 e. The fourth-order valence-corrected chi connectivity index (χ4v) is 2.40. The Labute approximate surface area is 151 Å². The summed E-state index contributed by atoms with van der Waals surface area (Å²) in [6.07, 6.45) is 2.11. The molecule has 6 heteroatoms. The van der Waals surface area contributed by atoms with Crippen molar-refractivity contribution in [1.82, 2.24) is 10.6 Å². The summed E-state index contributed by atoms with van der Waals surface area (Å²) in [5.74, 6) is 1.97. The molecule has 1 rings (SSSR count). The maximum Gasteiger partial charge on any atom is 0.191 e. The lowest BCUT2D eigenvalue weighted by Gasteiger charge is -2.11. The normalized spacial score (nSPS) is 10.9. The molecule has 0 fully saturated rings. The Bertz CT molecular complexity index is 427. The number of aliphatic imine (C=N–C) groups is 1. The second kappa shape index (κ2) is 11.7. The molecule has 0 heterocycles. The predicted octanol–water partition coefficient (Wildman–Crippen LogP) is 3.79. The van der Waals surface area contributed by atoms with Gasteiger partial charge in [0.1, 0.15) is 0 Å². The molecule has 0 aliphatic rings. The van der Waals surface area contributed by atoms with Gasteiger partial charge in [0, 0.05) is 23.3 Å². The van der Waals surface area contributed by atoms with Crippen LogP contribution in [0.2, 0.25) is 0 Å². The van der Waals surface area contributed by atoms with E-state index in [0.29, 0.717) is 6.54 Å². The minimum atomic E-state index is 0. The summed E-state index contributed by atoms with van der Waals surface area (Å²) in [7, 11) is 0. The molecular weight excluding hydrogens is 449 g/mol. The van der Waals surface area contributed by atoms with E-state index in [0.717, 1.165) is 29.3 Å². The molecular formula is C14H23BrIN3S. The van der Waals surface area contributed by atoms with E-state index in [-0.39, 0.29) is 24.0 Å². The van der Waals surface area contributed by atoms with E-state index < -0.39 is 0 Å². The monoisotopic (exact) mass is 471 g/mol. The third-order valence-corrected chi connectivity index (χ3v) is 3.76. The maximum absolute atomic E-state index is 4.62. The van der Waals surface area contributed by atoms with Crippen molar-refractivity contribution in [3.05, 3.63) is 33.8 Å². The summed E-state index contributed by atoms with van der Waals surface area (Å²) >= 11 is 5.31. The van der Waals surface area contributed by atoms with Crippen molar-refractivity contribution < 1.29 is 0 Å². The lowest BCUT2D eigenvalue weighted by Crippen LogP contribution is -2.38. The molecule has 1 aromatic rings. The first-order valence-electron chi connectivity index (χ1n) is 6.43. The number of rotatable bonds is 6. The van der Waals surface area contributed by atoms with E-state index in [1.807, 2.05) is 11.8 Å². The van der Waals surface area contributed by atoms with Gasteiger partial charge in [-0.15, -0.1) is 24.0 Å². The molecule has 114 valence electrons. The van der Waals surface area contributed by atoms with Crippen LogP contribution in [-0.4, -0.2) is 31.1 Å². The lowest BCUT2D eigenvalue weighted by atomic mass is 10.1. The first-order valence-corrected chi connectivity index (χ1v) is 8.62. The van der Waals surface area contributed by atoms with Gasteiger partial charge in [-0.05, 0) is 43.4 Å². The Morgan fingerprint density at radius 2 is 2.10 bits per heavy atom. The minimum absolute atomic E-state index is 0. The van der Waals surface area contributed by atoms with Crippen LogP contribution in [0, 0.1) is 6.92 Å². The highest BCUT2D eigenvalue weighted by Crippen LogP contribution is 2.16. The van der Waals surface area contributed by atoms with Crippen LogP contribution in [0.25, 0.3) is 0 Å². The summed E-state index contributed by atoms with van der Waals surface area (Å²) in [4.78, 5) is 4.62. The van der Waals surface area contributed by atoms with Crippen molar-refractivity contribution >= 4 is 57.6 Å². The zero-order chi connectivity index (χ0) is 14.1. The van der Waals surface area contributed by atoms with Gasteiger partial charge in [-0.1, -0.05) is 22.0 Å². The number of thioether (sulfide) groups is 1. The molecule has 0 unspecified atom stereocenters. The Morgan fingerprint density at radius 1 is 1.35 bits per heavy atom. The van der Waals surface area contributed by atoms with Crippen LogP contribution in [0.15, 0.2) is 27.7 Å². The number of benzene rings is 1. The average molecular weight is 472 g/mol. The quantitative estimate of drug-likeness (QED) is 0.287. The van der Waals surface area contributed by atoms with Crippen molar-refractivity contribution in [1.29, 1.82) is 0 Å². The van der Waals surface area contributed by atoms with Crippen LogP contribution < -0.4 is 10.6 Å². The lowest BCUT2D eigenvalue weighted by molar-refractivity contribution is 0.842. The Balaban J connectivity index is 0.00000361. The summed E-state index contributed by atoms with van der Waals surface area (Å²) in [5.41, 5.74) is 2.52. The largest absolute Gasteiger partial charge is 0.357 e. The van der Waals surface area contributed by atoms with Crippen LogP contribution in [-0.2, 0) is 6.54 Å². The van der Waals surface area contributed by atoms with Crippen molar-refractivity contribution in [2.24, 2.45) is 4.99 Å². The molecule has 20 heavy (non-hydrogen) atoms. The smallest absolute Gasteiger partial charge is 0.191 e. The van der Waals surface area contributed by atoms with E-state index in [1.165, 1.54) is 11.1 Å². The molecule has 0 spiro atoms. The van der Waals surface area contributed by atoms with Gasteiger partial charge in [0.25, 0.3) is 0 Å². The second-order valence-electron chi connectivity index (χ2n) is 4.19. The Morgan fingerprint density at radius 3 is 2.70 bits per heavy atom. The SMILES string of the molecule is CCNC(=NCc1ccc(Br)cc1C)NCCSC.I. The number of aryl methyl sites for hydroxylation is 1. The molecule has 0 atom stereocenters. The van der Waals surface area contributed by atoms with Crippen LogP contribution in [0.1, 0.15) is 18.1 Å². The highest BCUT2D eigenvalue weighted by Gasteiger charge is 2.00. The van der Waals surface area contributed by atoms with Crippen molar-refractivity contribution in [3.8, 4) is 0 Å². The third kappa shape index (κ3) is 7.73. The first-order chi connectivity index (χ1) is 9.17. The number of halogens is 2. The fraction of sp³-hybridized carbons (Fsp3) is 0.500. The van der Waals surface area contributed by atoms with Gasteiger partial charge >= 0.3 is 0 Å². The summed E-state index contributed by atoms with van der Waals surface area (Å²) in [5, 5.41) is 6.59. The molecule has 0 bridgehead atoms. The van der Waals surface area contributed by atoms with E-state index in [1.54, 1.807) is 0 Å². The predicted molar refractivity (Wildman–Crippen MR) is 105 cm³/mol. The standard InChI is InChI=1S/C14H22BrN3S.HI/c1-4-16-14(17-7-8-19-3)18-10-12-5-6-13(15)9-11(12)2;/h5-6,9H,4,7-8,10H2,1-3H3,(H2,16,17,18);1H. The number of nitrogens with zero attached hydrogens (tertiary/aromatic N) is 1. The average Bonchev–Trinajstić information content (AvgIpc) is 2.37. The Kier molecular flexibility index (Phi) is 11.7. The fourth-order valence-electron chi connectivity index (χ4n) is 1.61. The van der Waals surface area contributed by atoms with Crippen molar-refractivity contribution in [2.75, 3.05) is 25.1 Å². The molecule has 0 radical (unpaired) electrons. The van der Waals surface area contributed by atoms with E-state index in [2.05, 4.69) is 69.9 Å². The van der Waals surface area contributed by atoms with E-state index in [9.17, 15) is 0 Å². The van der Waals surface area contributed by atoms with Crippen LogP contribution >= 0.6 is 51.7 Å². The topological polar surface area (TPSA) is 36.4 Å². The molecule has 0 saturated carbocycles. The van der Waals surface area contributed by atoms with E-state index in [4.69, 9.17) is 0 Å². The van der Waals surface area contributed by atoms with Gasteiger partial charge in [-0.2, -0.15) is 11.8 Å². The number of nitrogens with one attached hydrogen (secondary N) is 2. The number of guanidine groups is 1. The number of hydrogen-bond acceptors (Lipinski definition) is 2. The van der Waals surface area contributed by atoms with Gasteiger partial charge in [0.05, 0.1) is 6.54 Å². The van der Waals surface area contributed by atoms with Crippen LogP contribution in [0.4, 0.5) is 0 Å². The molecule has 0 aromatic heterocycles. The molecule has 3 nitrogen and oxygen atoms in total. The second-order valence-corrected chi connectivity index (χ2v) is 6.09. The highest BCUT2D eigenvalue weighted by molar-refractivity contribution is 14.0. The van der Waals surface area contributed by atoms with Gasteiger partial charge in [0.15, 0.2) is 5.96 Å². The zero-order valence-electron chi connectivity index (χ0n) is 12.2. The molecule has 0 aliphatic heterocycles. The highest BCUT2D eigenvalue weighted by atomic mass is 127. The molecule has 2 N–H and O–H groups in total. The van der Waals surface area contributed by atoms with Crippen molar-refractivity contribution in [3.63, 3.8) is 0 Å². The van der Waals surface area contributed by atoms with Crippen LogP contribution in [0.5, 0.6) is 0 Å². The summed E-state index contributed by atoms with van der Waals surface area (Å²) in [6, 6.07) is 6.30. The third-order valence-electron chi connectivity index (χ3n) is 2.66. The summed E-state index contributed by atoms with van der Waals surface area (Å²) in [6.45, 7) is 6.71. The molecule has 1 aromatic carbocycles. The molecule has 0 saturated heterocycles. The molecule has 0 aliphatic carbocycles. The number of hydrogen-bond donors (Lipinski definition) is 2. The van der Waals surface area contributed by atoms with Crippen molar-refractivity contribution in [2.45, 2.75) is 20.4 Å². The van der Waals surface area contributed by atoms with Gasteiger partial charge in [0.2, 0.25) is 0 Å².